The SMILES string of the molecule is Cc1cccc(O)c1C(=O)C(c1ccccc1)c1c(C)cccc1O. The maximum Gasteiger partial charge on any atom is 0.178 e. The molecular formula is C22H20O3. The summed E-state index contributed by atoms with van der Waals surface area (Å²) in [4.78, 5) is 13.4. The summed E-state index contributed by atoms with van der Waals surface area (Å²) in [6, 6.07) is 19.6. The molecule has 0 aliphatic heterocycles. The van der Waals surface area contributed by atoms with Crippen LogP contribution in [0.2, 0.25) is 0 Å². The van der Waals surface area contributed by atoms with E-state index >= 15 is 0 Å². The third-order valence-electron chi connectivity index (χ3n) is 4.48. The first kappa shape index (κ1) is 16.8. The highest BCUT2D eigenvalue weighted by Crippen LogP contribution is 2.38. The molecule has 3 aromatic rings. The molecule has 3 rings (SSSR count). The van der Waals surface area contributed by atoms with Gasteiger partial charge in [-0.15, -0.1) is 0 Å². The number of phenols is 2. The van der Waals surface area contributed by atoms with Crippen LogP contribution in [0.4, 0.5) is 0 Å². The number of aromatic hydroxyl groups is 2. The van der Waals surface area contributed by atoms with Gasteiger partial charge in [0.15, 0.2) is 5.78 Å². The fourth-order valence-corrected chi connectivity index (χ4v) is 3.25. The highest BCUT2D eigenvalue weighted by atomic mass is 16.3. The topological polar surface area (TPSA) is 57.5 Å². The minimum atomic E-state index is -0.686. The second kappa shape index (κ2) is 6.81. The molecule has 0 amide bonds. The second-order valence-electron chi connectivity index (χ2n) is 6.18. The molecule has 0 aliphatic carbocycles. The van der Waals surface area contributed by atoms with E-state index in [1.165, 1.54) is 6.07 Å². The highest BCUT2D eigenvalue weighted by Gasteiger charge is 2.30. The Morgan fingerprint density at radius 2 is 1.36 bits per heavy atom. The number of rotatable bonds is 4. The molecule has 0 saturated heterocycles. The first-order valence-electron chi connectivity index (χ1n) is 8.17. The molecule has 0 bridgehead atoms. The van der Waals surface area contributed by atoms with Gasteiger partial charge in [0.2, 0.25) is 0 Å². The Kier molecular flexibility index (Phi) is 4.57. The Bertz CT molecular complexity index is 873. The van der Waals surface area contributed by atoms with Gasteiger partial charge in [-0.2, -0.15) is 0 Å². The monoisotopic (exact) mass is 332 g/mol. The largest absolute Gasteiger partial charge is 0.508 e. The molecule has 0 spiro atoms. The highest BCUT2D eigenvalue weighted by molar-refractivity contribution is 6.06. The van der Waals surface area contributed by atoms with Gasteiger partial charge in [0, 0.05) is 5.56 Å². The van der Waals surface area contributed by atoms with Crippen molar-refractivity contribution in [3.8, 4) is 11.5 Å². The second-order valence-corrected chi connectivity index (χ2v) is 6.18. The van der Waals surface area contributed by atoms with Gasteiger partial charge < -0.3 is 10.2 Å². The van der Waals surface area contributed by atoms with Crippen molar-refractivity contribution in [2.24, 2.45) is 0 Å². The van der Waals surface area contributed by atoms with Gasteiger partial charge >= 0.3 is 0 Å². The number of phenolic OH excluding ortho intramolecular Hbond substituents is 2. The molecule has 0 heterocycles. The van der Waals surface area contributed by atoms with E-state index in [-0.39, 0.29) is 17.3 Å². The number of ketones is 1. The van der Waals surface area contributed by atoms with E-state index in [9.17, 15) is 15.0 Å². The van der Waals surface area contributed by atoms with E-state index in [2.05, 4.69) is 0 Å². The quantitative estimate of drug-likeness (QED) is 0.679. The van der Waals surface area contributed by atoms with Crippen molar-refractivity contribution in [3.63, 3.8) is 0 Å². The average Bonchev–Trinajstić information content (AvgIpc) is 2.59. The Morgan fingerprint density at radius 3 is 1.96 bits per heavy atom. The molecule has 0 fully saturated rings. The van der Waals surface area contributed by atoms with Crippen LogP contribution in [-0.2, 0) is 0 Å². The van der Waals surface area contributed by atoms with Crippen molar-refractivity contribution in [2.75, 3.05) is 0 Å². The van der Waals surface area contributed by atoms with Crippen LogP contribution in [-0.4, -0.2) is 16.0 Å². The number of benzene rings is 3. The van der Waals surface area contributed by atoms with E-state index < -0.39 is 5.92 Å². The van der Waals surface area contributed by atoms with Crippen molar-refractivity contribution in [3.05, 3.63) is 94.5 Å². The van der Waals surface area contributed by atoms with Gasteiger partial charge in [0.25, 0.3) is 0 Å². The molecule has 3 nitrogen and oxygen atoms in total. The van der Waals surface area contributed by atoms with Gasteiger partial charge in [-0.1, -0.05) is 54.6 Å². The summed E-state index contributed by atoms with van der Waals surface area (Å²) >= 11 is 0. The molecule has 25 heavy (non-hydrogen) atoms. The number of carbonyl (C=O) groups is 1. The van der Waals surface area contributed by atoms with Gasteiger partial charge in [0.1, 0.15) is 11.5 Å². The van der Waals surface area contributed by atoms with E-state index in [0.29, 0.717) is 16.7 Å². The van der Waals surface area contributed by atoms with Gasteiger partial charge in [-0.3, -0.25) is 4.79 Å². The molecule has 0 radical (unpaired) electrons. The van der Waals surface area contributed by atoms with E-state index in [1.807, 2.05) is 43.3 Å². The molecule has 2 N–H and O–H groups in total. The number of hydrogen-bond acceptors (Lipinski definition) is 3. The zero-order valence-electron chi connectivity index (χ0n) is 14.2. The lowest BCUT2D eigenvalue weighted by molar-refractivity contribution is 0.0969. The molecule has 0 aromatic heterocycles. The van der Waals surface area contributed by atoms with Crippen LogP contribution in [0.15, 0.2) is 66.7 Å². The summed E-state index contributed by atoms with van der Waals surface area (Å²) < 4.78 is 0. The zero-order valence-corrected chi connectivity index (χ0v) is 14.2. The van der Waals surface area contributed by atoms with E-state index in [4.69, 9.17) is 0 Å². The molecule has 126 valence electrons. The molecule has 1 unspecified atom stereocenters. The lowest BCUT2D eigenvalue weighted by atomic mass is 9.81. The lowest BCUT2D eigenvalue weighted by Crippen LogP contribution is -2.17. The van der Waals surface area contributed by atoms with E-state index in [0.717, 1.165) is 11.1 Å². The summed E-state index contributed by atoms with van der Waals surface area (Å²) in [5, 5.41) is 20.7. The zero-order chi connectivity index (χ0) is 18.0. The summed E-state index contributed by atoms with van der Waals surface area (Å²) in [7, 11) is 0. The minimum Gasteiger partial charge on any atom is -0.508 e. The first-order valence-corrected chi connectivity index (χ1v) is 8.17. The first-order chi connectivity index (χ1) is 12.0. The van der Waals surface area contributed by atoms with Crippen molar-refractivity contribution in [2.45, 2.75) is 19.8 Å². The Hall–Kier alpha value is -3.07. The Labute approximate surface area is 147 Å². The fraction of sp³-hybridized carbons (Fsp3) is 0.136. The Morgan fingerprint density at radius 1 is 0.760 bits per heavy atom. The third-order valence-corrected chi connectivity index (χ3v) is 4.48. The average molecular weight is 332 g/mol. The summed E-state index contributed by atoms with van der Waals surface area (Å²) in [5.41, 5.74) is 3.18. The normalized spacial score (nSPS) is 11.9. The lowest BCUT2D eigenvalue weighted by Gasteiger charge is -2.21. The maximum absolute atomic E-state index is 13.4. The summed E-state index contributed by atoms with van der Waals surface area (Å²) in [6.45, 7) is 3.67. The van der Waals surface area contributed by atoms with Crippen molar-refractivity contribution in [1.82, 2.24) is 0 Å². The van der Waals surface area contributed by atoms with Crippen LogP contribution in [0.1, 0.15) is 38.5 Å². The van der Waals surface area contributed by atoms with Crippen molar-refractivity contribution < 1.29 is 15.0 Å². The van der Waals surface area contributed by atoms with Crippen LogP contribution in [0.25, 0.3) is 0 Å². The molecule has 3 aromatic carbocycles. The predicted molar refractivity (Wildman–Crippen MR) is 98.3 cm³/mol. The molecule has 1 atom stereocenters. The fourth-order valence-electron chi connectivity index (χ4n) is 3.25. The van der Waals surface area contributed by atoms with Crippen LogP contribution in [0.3, 0.4) is 0 Å². The van der Waals surface area contributed by atoms with Crippen LogP contribution >= 0.6 is 0 Å². The van der Waals surface area contributed by atoms with Crippen LogP contribution in [0, 0.1) is 13.8 Å². The van der Waals surface area contributed by atoms with Crippen LogP contribution < -0.4 is 0 Å². The summed E-state index contributed by atoms with van der Waals surface area (Å²) in [5.74, 6) is -0.880. The Balaban J connectivity index is 2.24. The molecule has 0 saturated carbocycles. The standard InChI is InChI=1S/C22H20O3/c1-14-8-6-12-17(23)19(14)21(16-10-4-3-5-11-16)22(25)20-15(2)9-7-13-18(20)24/h3-13,21,23-24H,1-2H3. The van der Waals surface area contributed by atoms with Gasteiger partial charge in [-0.25, -0.2) is 0 Å². The molecular weight excluding hydrogens is 312 g/mol. The van der Waals surface area contributed by atoms with Gasteiger partial charge in [-0.05, 0) is 42.7 Å². The van der Waals surface area contributed by atoms with Gasteiger partial charge in [0.05, 0.1) is 11.5 Å². The maximum atomic E-state index is 13.4. The third kappa shape index (κ3) is 3.13. The predicted octanol–water partition coefficient (Wildman–Crippen LogP) is 4.73. The number of aryl methyl sites for hydroxylation is 2. The molecule has 0 aliphatic rings. The van der Waals surface area contributed by atoms with Crippen LogP contribution in [0.5, 0.6) is 11.5 Å². The number of hydrogen-bond donors (Lipinski definition) is 2. The molecule has 3 heteroatoms. The van der Waals surface area contributed by atoms with Crippen molar-refractivity contribution >= 4 is 5.78 Å². The summed E-state index contributed by atoms with van der Waals surface area (Å²) in [6.07, 6.45) is 0. The van der Waals surface area contributed by atoms with Crippen molar-refractivity contribution in [1.29, 1.82) is 0 Å². The number of carbonyl (C=O) groups excluding carboxylic acids is 1. The van der Waals surface area contributed by atoms with E-state index in [1.54, 1.807) is 31.2 Å². The smallest absolute Gasteiger partial charge is 0.178 e. The number of Topliss-reactive ketones (excluding diaryl/α,β-unsaturated/α-hetero) is 1. The minimum absolute atomic E-state index is 0.0426.